The average molecular weight is 356 g/mol. The Balaban J connectivity index is 1.79. The predicted octanol–water partition coefficient (Wildman–Crippen LogP) is 3.99. The van der Waals surface area contributed by atoms with Crippen LogP contribution in [0.1, 0.15) is 12.7 Å². The third-order valence-corrected chi connectivity index (χ3v) is 6.44. The summed E-state index contributed by atoms with van der Waals surface area (Å²) in [6.45, 7) is 2.92. The summed E-state index contributed by atoms with van der Waals surface area (Å²) in [5, 5.41) is 14.7. The minimum Gasteiger partial charge on any atom is -0.370 e. The van der Waals surface area contributed by atoms with Gasteiger partial charge in [-0.15, -0.1) is 21.5 Å². The Labute approximate surface area is 139 Å². The summed E-state index contributed by atoms with van der Waals surface area (Å²) in [6, 6.07) is 2.06. The van der Waals surface area contributed by atoms with E-state index in [1.807, 2.05) is 11.6 Å². The van der Waals surface area contributed by atoms with E-state index in [9.17, 15) is 0 Å². The molecule has 1 N–H and O–H groups in total. The molecule has 0 atom stereocenters. The second kappa shape index (κ2) is 6.91. The Morgan fingerprint density at radius 3 is 2.86 bits per heavy atom. The summed E-state index contributed by atoms with van der Waals surface area (Å²) in [5.74, 6) is 2.45. The van der Waals surface area contributed by atoms with Crippen LogP contribution in [0.2, 0.25) is 0 Å². The van der Waals surface area contributed by atoms with Crippen molar-refractivity contribution in [3.8, 4) is 0 Å². The fourth-order valence-electron chi connectivity index (χ4n) is 1.73. The van der Waals surface area contributed by atoms with E-state index in [0.29, 0.717) is 5.75 Å². The number of nitrogens with one attached hydrogen (secondary N) is 1. The first-order chi connectivity index (χ1) is 10.3. The van der Waals surface area contributed by atoms with Crippen molar-refractivity contribution in [3.63, 3.8) is 0 Å². The fraction of sp³-hybridized carbons (Fsp3) is 0.333. The lowest BCUT2D eigenvalue weighted by atomic mass is 10.3. The molecule has 5 nitrogen and oxygen atoms in total. The van der Waals surface area contributed by atoms with Crippen LogP contribution in [0.25, 0.3) is 10.2 Å². The number of anilines is 1. The Hall–Kier alpha value is -0.900. The molecular weight excluding hydrogens is 342 g/mol. The van der Waals surface area contributed by atoms with Gasteiger partial charge in [-0.2, -0.15) is 0 Å². The van der Waals surface area contributed by atoms with Gasteiger partial charge < -0.3 is 5.32 Å². The first-order valence-corrected chi connectivity index (χ1v) is 10.2. The number of hydrogen-bond donors (Lipinski definition) is 1. The number of fused-ring (bicyclic) bond motifs is 1. The Bertz CT molecular complexity index is 738. The molecule has 0 radical (unpaired) electrons. The van der Waals surface area contributed by atoms with E-state index in [4.69, 9.17) is 0 Å². The quantitative estimate of drug-likeness (QED) is 0.671. The van der Waals surface area contributed by atoms with Crippen molar-refractivity contribution in [3.05, 3.63) is 17.3 Å². The van der Waals surface area contributed by atoms with Crippen molar-refractivity contribution in [1.29, 1.82) is 0 Å². The largest absolute Gasteiger partial charge is 0.370 e. The minimum atomic E-state index is 0.704. The summed E-state index contributed by atoms with van der Waals surface area (Å²) < 4.78 is 1.94. The van der Waals surface area contributed by atoms with E-state index in [1.165, 1.54) is 0 Å². The molecule has 3 aromatic rings. The normalized spacial score (nSPS) is 11.1. The van der Waals surface area contributed by atoms with Crippen molar-refractivity contribution in [2.24, 2.45) is 0 Å². The van der Waals surface area contributed by atoms with Gasteiger partial charge >= 0.3 is 0 Å². The third kappa shape index (κ3) is 3.47. The first-order valence-electron chi connectivity index (χ1n) is 6.28. The van der Waals surface area contributed by atoms with Crippen molar-refractivity contribution in [2.75, 3.05) is 18.1 Å². The van der Waals surface area contributed by atoms with Gasteiger partial charge in [-0.05, 0) is 24.6 Å². The van der Waals surface area contributed by atoms with Gasteiger partial charge in [-0.3, -0.25) is 0 Å². The van der Waals surface area contributed by atoms with Crippen LogP contribution in [0.3, 0.4) is 0 Å². The Kier molecular flexibility index (Phi) is 4.94. The Morgan fingerprint density at radius 1 is 1.24 bits per heavy atom. The molecule has 0 aromatic carbocycles. The van der Waals surface area contributed by atoms with Crippen LogP contribution in [0, 0.1) is 0 Å². The van der Waals surface area contributed by atoms with Gasteiger partial charge in [0.25, 0.3) is 0 Å². The van der Waals surface area contributed by atoms with Crippen LogP contribution in [-0.2, 0) is 5.75 Å². The standard InChI is InChI=1S/C12H13N5S4/c1-3-13-9-7-4-5-19-10(7)15-8(14-9)6-20-12-17-16-11(18-2)21-12/h4-5H,3,6H2,1-2H3,(H,13,14,15). The molecule has 3 rings (SSSR count). The molecule has 3 heterocycles. The van der Waals surface area contributed by atoms with Gasteiger partial charge in [0, 0.05) is 6.54 Å². The molecule has 3 aromatic heterocycles. The molecule has 0 saturated heterocycles. The highest BCUT2D eigenvalue weighted by molar-refractivity contribution is 8.02. The molecule has 110 valence electrons. The maximum Gasteiger partial charge on any atom is 0.175 e. The van der Waals surface area contributed by atoms with Crippen molar-refractivity contribution >= 4 is 62.2 Å². The van der Waals surface area contributed by atoms with E-state index in [1.54, 1.807) is 46.2 Å². The van der Waals surface area contributed by atoms with Crippen LogP contribution >= 0.6 is 46.2 Å². The number of nitrogens with zero attached hydrogens (tertiary/aromatic N) is 4. The lowest BCUT2D eigenvalue weighted by molar-refractivity contribution is 0.953. The zero-order valence-corrected chi connectivity index (χ0v) is 14.8. The molecular formula is C12H13N5S4. The lowest BCUT2D eigenvalue weighted by Gasteiger charge is -2.06. The van der Waals surface area contributed by atoms with E-state index in [0.717, 1.165) is 37.1 Å². The minimum absolute atomic E-state index is 0.704. The SMILES string of the molecule is CCNc1nc(CSc2nnc(SC)s2)nc2sccc12. The van der Waals surface area contributed by atoms with Crippen molar-refractivity contribution in [2.45, 2.75) is 21.4 Å². The van der Waals surface area contributed by atoms with Crippen LogP contribution in [0.5, 0.6) is 0 Å². The molecule has 9 heteroatoms. The van der Waals surface area contributed by atoms with E-state index in [-0.39, 0.29) is 0 Å². The zero-order chi connectivity index (χ0) is 14.7. The number of aromatic nitrogens is 4. The number of thioether (sulfide) groups is 2. The first kappa shape index (κ1) is 15.0. The van der Waals surface area contributed by atoms with Crippen LogP contribution in [0.15, 0.2) is 20.1 Å². The molecule has 0 amide bonds. The number of hydrogen-bond acceptors (Lipinski definition) is 9. The highest BCUT2D eigenvalue weighted by atomic mass is 32.2. The van der Waals surface area contributed by atoms with E-state index < -0.39 is 0 Å². The molecule has 0 bridgehead atoms. The molecule has 0 aliphatic rings. The predicted molar refractivity (Wildman–Crippen MR) is 92.8 cm³/mol. The maximum atomic E-state index is 4.62. The number of thiophene rings is 1. The second-order valence-corrected chi connectivity index (χ2v) is 8.13. The van der Waals surface area contributed by atoms with E-state index in [2.05, 4.69) is 38.5 Å². The van der Waals surface area contributed by atoms with Gasteiger partial charge in [0.05, 0.1) is 11.1 Å². The van der Waals surface area contributed by atoms with Crippen LogP contribution in [0.4, 0.5) is 5.82 Å². The maximum absolute atomic E-state index is 4.62. The third-order valence-electron chi connectivity index (χ3n) is 2.60. The molecule has 0 spiro atoms. The summed E-state index contributed by atoms with van der Waals surface area (Å²) in [4.78, 5) is 10.3. The van der Waals surface area contributed by atoms with E-state index >= 15 is 0 Å². The van der Waals surface area contributed by atoms with Gasteiger partial charge in [0.1, 0.15) is 16.5 Å². The molecule has 0 unspecified atom stereocenters. The highest BCUT2D eigenvalue weighted by Crippen LogP contribution is 2.30. The summed E-state index contributed by atoms with van der Waals surface area (Å²) in [6.07, 6.45) is 2.01. The molecule has 0 aliphatic carbocycles. The molecule has 0 fully saturated rings. The van der Waals surface area contributed by atoms with Crippen molar-refractivity contribution < 1.29 is 0 Å². The molecule has 21 heavy (non-hydrogen) atoms. The number of rotatable bonds is 6. The van der Waals surface area contributed by atoms with Gasteiger partial charge in [-0.25, -0.2) is 9.97 Å². The summed E-state index contributed by atoms with van der Waals surface area (Å²) in [5.41, 5.74) is 0. The summed E-state index contributed by atoms with van der Waals surface area (Å²) in [7, 11) is 0. The summed E-state index contributed by atoms with van der Waals surface area (Å²) >= 11 is 6.50. The van der Waals surface area contributed by atoms with Gasteiger partial charge in [0.2, 0.25) is 0 Å². The fourth-order valence-corrected chi connectivity index (χ4v) is 4.81. The van der Waals surface area contributed by atoms with Gasteiger partial charge in [-0.1, -0.05) is 34.9 Å². The van der Waals surface area contributed by atoms with Crippen LogP contribution in [-0.4, -0.2) is 33.0 Å². The highest BCUT2D eigenvalue weighted by Gasteiger charge is 2.10. The topological polar surface area (TPSA) is 63.6 Å². The lowest BCUT2D eigenvalue weighted by Crippen LogP contribution is -2.03. The Morgan fingerprint density at radius 2 is 2.10 bits per heavy atom. The average Bonchev–Trinajstić information content (AvgIpc) is 3.14. The second-order valence-electron chi connectivity index (χ2n) is 3.98. The van der Waals surface area contributed by atoms with Gasteiger partial charge in [0.15, 0.2) is 8.68 Å². The molecule has 0 saturated carbocycles. The molecule has 0 aliphatic heterocycles. The van der Waals surface area contributed by atoms with Crippen molar-refractivity contribution in [1.82, 2.24) is 20.2 Å². The monoisotopic (exact) mass is 355 g/mol. The smallest absolute Gasteiger partial charge is 0.175 e. The van der Waals surface area contributed by atoms with Crippen LogP contribution < -0.4 is 5.32 Å². The zero-order valence-electron chi connectivity index (χ0n) is 11.5.